The number of Topliss-reactive ketones (excluding diaryl/α,β-unsaturated/α-hetero) is 2. The molecule has 3 aromatic heterocycles. The minimum atomic E-state index is -3.34. The molecule has 0 aliphatic rings. The maximum absolute atomic E-state index is 14.0. The van der Waals surface area contributed by atoms with Gasteiger partial charge in [0.2, 0.25) is 5.95 Å². The van der Waals surface area contributed by atoms with E-state index in [0.717, 1.165) is 0 Å². The molecule has 1 amide bonds. The van der Waals surface area contributed by atoms with Crippen LogP contribution in [0, 0.1) is 17.8 Å². The van der Waals surface area contributed by atoms with E-state index in [4.69, 9.17) is 28.7 Å². The number of aliphatic carboxylic acids is 4. The summed E-state index contributed by atoms with van der Waals surface area (Å²) in [4.78, 5) is 115. The predicted octanol–water partition coefficient (Wildman–Crippen LogP) is -1.92. The molecule has 21 heteroatoms. The van der Waals surface area contributed by atoms with Crippen LogP contribution in [0.25, 0.3) is 11.0 Å². The van der Waals surface area contributed by atoms with Gasteiger partial charge in [-0.2, -0.15) is 4.98 Å². The Bertz CT molecular complexity index is 2000. The third kappa shape index (κ3) is 9.78. The molecule has 3 heterocycles. The van der Waals surface area contributed by atoms with Crippen LogP contribution in [0.4, 0.5) is 11.6 Å². The topological polar surface area (TPSA) is 368 Å². The van der Waals surface area contributed by atoms with Gasteiger partial charge in [-0.1, -0.05) is 5.92 Å². The van der Waals surface area contributed by atoms with Crippen molar-refractivity contribution in [1.29, 1.82) is 0 Å². The van der Waals surface area contributed by atoms with Gasteiger partial charge in [0, 0.05) is 32.0 Å². The lowest BCUT2D eigenvalue weighted by Gasteiger charge is -2.33. The van der Waals surface area contributed by atoms with Gasteiger partial charge in [0.1, 0.15) is 17.4 Å². The van der Waals surface area contributed by atoms with E-state index in [1.165, 1.54) is 18.3 Å². The van der Waals surface area contributed by atoms with Crippen LogP contribution in [0.1, 0.15) is 48.2 Å². The Morgan fingerprint density at radius 2 is 1.64 bits per heavy atom. The molecule has 0 radical (unpaired) electrons. The van der Waals surface area contributed by atoms with Crippen LogP contribution in [0.5, 0.6) is 0 Å². The molecule has 0 bridgehead atoms. The normalized spacial score (nSPS) is 13.8. The number of nitrogens with two attached hydrogens (primary N) is 3. The van der Waals surface area contributed by atoms with E-state index in [9.17, 15) is 53.7 Å². The van der Waals surface area contributed by atoms with Gasteiger partial charge in [-0.15, -0.1) is 6.42 Å². The molecule has 0 saturated heterocycles. The highest BCUT2D eigenvalue weighted by Gasteiger charge is 2.57. The molecule has 3 aromatic rings. The number of carbonyl (C=O) groups is 7. The molecular weight excluding hydrogens is 702 g/mol. The number of terminal acetylenes is 1. The highest BCUT2D eigenvalue weighted by molar-refractivity contribution is 6.25. The van der Waals surface area contributed by atoms with Crippen molar-refractivity contribution in [3.8, 4) is 12.3 Å². The zero-order valence-electron chi connectivity index (χ0n) is 27.9. The number of carboxylic acids is 4. The summed E-state index contributed by atoms with van der Waals surface area (Å²) >= 11 is 0. The summed E-state index contributed by atoms with van der Waals surface area (Å²) in [7, 11) is 0. The maximum atomic E-state index is 14.0. The third-order valence-electron chi connectivity index (χ3n) is 8.25. The average molecular weight is 740 g/mol. The van der Waals surface area contributed by atoms with Crippen molar-refractivity contribution in [2.24, 2.45) is 16.9 Å². The lowest BCUT2D eigenvalue weighted by molar-refractivity contribution is -0.162. The Morgan fingerprint density at radius 3 is 2.21 bits per heavy atom. The molecule has 0 saturated carbocycles. The predicted molar refractivity (Wildman–Crippen MR) is 183 cm³/mol. The Hall–Kier alpha value is -6.66. The number of hydrogen-bond donors (Lipinski definition) is 10. The number of nitrogens with one attached hydrogen (secondary N) is 3. The first-order chi connectivity index (χ1) is 24.9. The number of aromatic amines is 2. The smallest absolute Gasteiger partial charge is 0.325 e. The number of aromatic nitrogens is 4. The number of ketones is 2. The van der Waals surface area contributed by atoms with Gasteiger partial charge in [0.15, 0.2) is 17.0 Å². The molecule has 0 fully saturated rings. The molecule has 0 spiro atoms. The number of fused-ring (bicyclic) bond motifs is 1. The van der Waals surface area contributed by atoms with Gasteiger partial charge in [0.25, 0.3) is 11.5 Å². The first-order valence-corrected chi connectivity index (χ1v) is 15.7. The van der Waals surface area contributed by atoms with Crippen LogP contribution in [0.15, 0.2) is 29.3 Å². The van der Waals surface area contributed by atoms with E-state index >= 15 is 0 Å². The third-order valence-corrected chi connectivity index (χ3v) is 8.25. The second-order valence-electron chi connectivity index (χ2n) is 11.9. The van der Waals surface area contributed by atoms with Crippen molar-refractivity contribution >= 4 is 64.0 Å². The van der Waals surface area contributed by atoms with Gasteiger partial charge in [-0.05, 0) is 37.0 Å². The maximum Gasteiger partial charge on any atom is 0.325 e. The summed E-state index contributed by atoms with van der Waals surface area (Å²) in [6.07, 6.45) is 4.40. The molecular formula is C32H37N9O12. The monoisotopic (exact) mass is 739 g/mol. The first-order valence-electron chi connectivity index (χ1n) is 15.7. The second kappa shape index (κ2) is 17.5. The first kappa shape index (κ1) is 40.8. The highest BCUT2D eigenvalue weighted by atomic mass is 16.4. The van der Waals surface area contributed by atoms with Crippen LogP contribution < -0.4 is 33.0 Å². The van der Waals surface area contributed by atoms with Crippen LogP contribution in [0.2, 0.25) is 0 Å². The number of pyridine rings is 1. The molecule has 1 unspecified atom stereocenters. The van der Waals surface area contributed by atoms with Crippen molar-refractivity contribution in [2.75, 3.05) is 23.7 Å². The zero-order valence-corrected chi connectivity index (χ0v) is 27.9. The van der Waals surface area contributed by atoms with Gasteiger partial charge in [-0.25, -0.2) is 4.98 Å². The number of anilines is 2. The summed E-state index contributed by atoms with van der Waals surface area (Å²) in [5, 5.41) is 40.5. The highest BCUT2D eigenvalue weighted by Crippen LogP contribution is 2.32. The van der Waals surface area contributed by atoms with E-state index in [2.05, 4.69) is 31.2 Å². The lowest BCUT2D eigenvalue weighted by Crippen LogP contribution is -2.61. The summed E-state index contributed by atoms with van der Waals surface area (Å²) < 4.78 is 0. The van der Waals surface area contributed by atoms with Crippen molar-refractivity contribution in [3.05, 3.63) is 46.1 Å². The van der Waals surface area contributed by atoms with E-state index < -0.39 is 103 Å². The Kier molecular flexibility index (Phi) is 13.5. The number of amides is 1. The van der Waals surface area contributed by atoms with Crippen LogP contribution in [-0.4, -0.2) is 113 Å². The molecule has 13 N–H and O–H groups in total. The van der Waals surface area contributed by atoms with E-state index in [1.807, 2.05) is 0 Å². The van der Waals surface area contributed by atoms with E-state index in [1.54, 1.807) is 11.1 Å². The van der Waals surface area contributed by atoms with Crippen LogP contribution in [-0.2, 0) is 35.2 Å². The lowest BCUT2D eigenvalue weighted by atomic mass is 9.69. The summed E-state index contributed by atoms with van der Waals surface area (Å²) in [5.41, 5.74) is 14.1. The minimum absolute atomic E-state index is 0.0631. The quantitative estimate of drug-likeness (QED) is 0.0420. The van der Waals surface area contributed by atoms with Crippen molar-refractivity contribution in [3.63, 3.8) is 0 Å². The number of carboxylic acid groups (broad SMARTS) is 4. The molecule has 53 heavy (non-hydrogen) atoms. The number of rotatable bonds is 21. The SMILES string of the molecule is C#CCN(CCc1c[nH]c2nc(N)[nH]c(=O)c12)c1ccc(C(=O)N[C@@H](CCC(=O)O)C(=O)C(C[C@H](N)C(=O)O)(C(=O)O)C(=O)[C@@H](N)CCC(=O)O)nc1. The largest absolute Gasteiger partial charge is 0.481 e. The van der Waals surface area contributed by atoms with Gasteiger partial charge in [-0.3, -0.25) is 43.3 Å². The Morgan fingerprint density at radius 1 is 0.981 bits per heavy atom. The van der Waals surface area contributed by atoms with E-state index in [0.29, 0.717) is 23.1 Å². The molecule has 282 valence electrons. The Labute approximate surface area is 298 Å². The molecule has 0 aliphatic heterocycles. The van der Waals surface area contributed by atoms with Gasteiger partial charge < -0.3 is 52.8 Å². The fraction of sp³-hybridized carbons (Fsp3) is 0.375. The summed E-state index contributed by atoms with van der Waals surface area (Å²) in [6, 6.07) is -3.41. The number of nitrogen functional groups attached to an aromatic ring is 1. The zero-order chi connectivity index (χ0) is 39.6. The standard InChI is InChI=1S/C32H37N9O12/c1-2-10-41(11-9-15-13-37-26-23(15)28(49)40-31(35)39-26)16-3-5-20(36-14-16)27(48)38-19(6-8-22(44)45)25(47)32(30(52)53,12-18(34)29(50)51)24(46)17(33)4-7-21(42)43/h1,3,5,13-14,17-19H,4,6-12,33-34H2,(H,38,48)(H,42,43)(H,44,45)(H,50,51)(H,52,53)(H4,35,37,39,40,49)/t17-,18-,19-,32?/m0/s1. The van der Waals surface area contributed by atoms with Gasteiger partial charge >= 0.3 is 23.9 Å². The number of H-pyrrole nitrogens is 2. The summed E-state index contributed by atoms with van der Waals surface area (Å²) in [5.74, 6) is -8.78. The molecule has 0 aromatic carbocycles. The molecule has 21 nitrogen and oxygen atoms in total. The average Bonchev–Trinajstić information content (AvgIpc) is 3.51. The second-order valence-corrected chi connectivity index (χ2v) is 11.9. The van der Waals surface area contributed by atoms with Crippen LogP contribution in [0.3, 0.4) is 0 Å². The summed E-state index contributed by atoms with van der Waals surface area (Å²) in [6.45, 7) is 0.333. The van der Waals surface area contributed by atoms with E-state index in [-0.39, 0.29) is 30.4 Å². The number of carbonyl (C=O) groups excluding carboxylic acids is 3. The van der Waals surface area contributed by atoms with Crippen molar-refractivity contribution < 1.29 is 54.0 Å². The minimum Gasteiger partial charge on any atom is -0.481 e. The fourth-order valence-electron chi connectivity index (χ4n) is 5.52. The fourth-order valence-corrected chi connectivity index (χ4v) is 5.52. The number of hydrogen-bond acceptors (Lipinski definition) is 14. The number of nitrogens with zero attached hydrogens (tertiary/aromatic N) is 3. The van der Waals surface area contributed by atoms with Crippen molar-refractivity contribution in [1.82, 2.24) is 25.3 Å². The van der Waals surface area contributed by atoms with Crippen molar-refractivity contribution in [2.45, 2.75) is 56.7 Å². The van der Waals surface area contributed by atoms with Gasteiger partial charge in [0.05, 0.1) is 35.9 Å². The Balaban J connectivity index is 1.92. The molecule has 3 rings (SSSR count). The molecule has 0 aliphatic carbocycles. The van der Waals surface area contributed by atoms with Crippen LogP contribution >= 0.6 is 0 Å². The molecule has 4 atom stereocenters.